The van der Waals surface area contributed by atoms with Gasteiger partial charge in [0.15, 0.2) is 11.0 Å². The van der Waals surface area contributed by atoms with Gasteiger partial charge in [-0.25, -0.2) is 0 Å². The zero-order chi connectivity index (χ0) is 13.6. The van der Waals surface area contributed by atoms with E-state index in [1.807, 2.05) is 0 Å². The number of nitrogens with one attached hydrogen (secondary N) is 1. The summed E-state index contributed by atoms with van der Waals surface area (Å²) in [5.74, 6) is -0.795. The van der Waals surface area contributed by atoms with Gasteiger partial charge in [0.05, 0.1) is 6.10 Å². The van der Waals surface area contributed by atoms with Crippen LogP contribution in [0.25, 0.3) is 0 Å². The topological polar surface area (TPSA) is 140 Å². The molecule has 2 rings (SSSR count). The van der Waals surface area contributed by atoms with Crippen LogP contribution in [0.3, 0.4) is 0 Å². The van der Waals surface area contributed by atoms with Crippen LogP contribution in [0.15, 0.2) is 0 Å². The number of ether oxygens (including phenoxy) is 1. The molecule has 0 spiro atoms. The van der Waals surface area contributed by atoms with E-state index >= 15 is 0 Å². The summed E-state index contributed by atoms with van der Waals surface area (Å²) in [6.45, 7) is 1.61. The number of nitrogens with two attached hydrogens (primary N) is 2. The standard InChI is InChI=1S/C9H14N4O4S/c1-2-4(14)5(15)8(17-2)13-6(10)3(7(11)16)12-9(13)18/h2,4-5,8,14-15H,10H2,1H3,(H2,11,16)(H,12,18)/t2-,4-,5-,8-/m1/s1. The van der Waals surface area contributed by atoms with Crippen molar-refractivity contribution in [3.8, 4) is 0 Å². The first-order valence-electron chi connectivity index (χ1n) is 5.26. The number of anilines is 1. The Labute approximate surface area is 107 Å². The van der Waals surface area contributed by atoms with Crippen molar-refractivity contribution in [2.75, 3.05) is 5.73 Å². The molecule has 1 saturated heterocycles. The number of nitrogens with zero attached hydrogens (tertiary/aromatic N) is 1. The molecule has 0 bridgehead atoms. The third kappa shape index (κ3) is 1.81. The summed E-state index contributed by atoms with van der Waals surface area (Å²) in [6.07, 6.45) is -3.76. The summed E-state index contributed by atoms with van der Waals surface area (Å²) >= 11 is 4.99. The van der Waals surface area contributed by atoms with Crippen molar-refractivity contribution >= 4 is 23.9 Å². The molecule has 18 heavy (non-hydrogen) atoms. The molecule has 0 aliphatic carbocycles. The second kappa shape index (κ2) is 4.35. The molecule has 0 radical (unpaired) electrons. The van der Waals surface area contributed by atoms with E-state index in [2.05, 4.69) is 4.98 Å². The van der Waals surface area contributed by atoms with Crippen molar-refractivity contribution in [3.63, 3.8) is 0 Å². The monoisotopic (exact) mass is 274 g/mol. The number of aliphatic hydroxyl groups is 2. The molecule has 100 valence electrons. The number of imidazole rings is 1. The van der Waals surface area contributed by atoms with E-state index in [1.54, 1.807) is 6.92 Å². The highest BCUT2D eigenvalue weighted by molar-refractivity contribution is 7.71. The summed E-state index contributed by atoms with van der Waals surface area (Å²) in [5, 5.41) is 19.5. The molecule has 0 aromatic carbocycles. The fourth-order valence-corrected chi connectivity index (χ4v) is 2.25. The molecule has 1 aromatic rings. The Hall–Kier alpha value is -1.42. The zero-order valence-corrected chi connectivity index (χ0v) is 10.3. The van der Waals surface area contributed by atoms with Crippen LogP contribution in [0.4, 0.5) is 5.82 Å². The van der Waals surface area contributed by atoms with E-state index in [0.717, 1.165) is 0 Å². The minimum absolute atomic E-state index is 0.0298. The first kappa shape index (κ1) is 13.0. The van der Waals surface area contributed by atoms with Gasteiger partial charge >= 0.3 is 0 Å². The Morgan fingerprint density at radius 1 is 1.50 bits per heavy atom. The maximum Gasteiger partial charge on any atom is 0.268 e. The largest absolute Gasteiger partial charge is 0.388 e. The predicted molar refractivity (Wildman–Crippen MR) is 64.1 cm³/mol. The average molecular weight is 274 g/mol. The number of hydrogen-bond acceptors (Lipinski definition) is 6. The van der Waals surface area contributed by atoms with Crippen LogP contribution in [0.5, 0.6) is 0 Å². The van der Waals surface area contributed by atoms with E-state index in [4.69, 9.17) is 28.4 Å². The van der Waals surface area contributed by atoms with Crippen LogP contribution in [0.1, 0.15) is 23.6 Å². The number of carbonyl (C=O) groups is 1. The smallest absolute Gasteiger partial charge is 0.268 e. The number of carbonyl (C=O) groups excluding carboxylic acids is 1. The second-order valence-electron chi connectivity index (χ2n) is 4.14. The number of rotatable bonds is 2. The Balaban J connectivity index is 2.47. The first-order valence-corrected chi connectivity index (χ1v) is 5.66. The zero-order valence-electron chi connectivity index (χ0n) is 9.53. The summed E-state index contributed by atoms with van der Waals surface area (Å²) in [7, 11) is 0. The molecule has 8 nitrogen and oxygen atoms in total. The number of aliphatic hydroxyl groups excluding tert-OH is 2. The highest BCUT2D eigenvalue weighted by atomic mass is 32.1. The lowest BCUT2D eigenvalue weighted by molar-refractivity contribution is -0.0316. The second-order valence-corrected chi connectivity index (χ2v) is 4.52. The minimum Gasteiger partial charge on any atom is -0.388 e. The van der Waals surface area contributed by atoms with Gasteiger partial charge in [-0.3, -0.25) is 9.36 Å². The minimum atomic E-state index is -1.19. The van der Waals surface area contributed by atoms with Crippen LogP contribution in [0.2, 0.25) is 0 Å². The number of aromatic nitrogens is 2. The molecule has 0 unspecified atom stereocenters. The Morgan fingerprint density at radius 2 is 2.11 bits per heavy atom. The van der Waals surface area contributed by atoms with Crippen molar-refractivity contribution < 1.29 is 19.7 Å². The maximum atomic E-state index is 11.1. The Kier molecular flexibility index (Phi) is 3.15. The Bertz CT molecular complexity index is 539. The molecular weight excluding hydrogens is 260 g/mol. The van der Waals surface area contributed by atoms with Crippen LogP contribution in [-0.2, 0) is 4.74 Å². The van der Waals surface area contributed by atoms with E-state index < -0.39 is 30.4 Å². The fourth-order valence-electron chi connectivity index (χ4n) is 1.94. The normalized spacial score (nSPS) is 31.7. The van der Waals surface area contributed by atoms with Crippen LogP contribution >= 0.6 is 12.2 Å². The molecular formula is C9H14N4O4S. The summed E-state index contributed by atoms with van der Waals surface area (Å²) in [4.78, 5) is 13.7. The van der Waals surface area contributed by atoms with Gasteiger partial charge in [-0.2, -0.15) is 0 Å². The molecule has 1 aliphatic rings. The van der Waals surface area contributed by atoms with Crippen molar-refractivity contribution in [2.24, 2.45) is 5.73 Å². The van der Waals surface area contributed by atoms with Crippen LogP contribution < -0.4 is 11.5 Å². The molecule has 7 N–H and O–H groups in total. The number of amides is 1. The number of hydrogen-bond donors (Lipinski definition) is 5. The SMILES string of the molecule is C[C@H]1O[C@@H](n2c(N)c(C(N)=O)[nH]c2=S)[C@H](O)[C@@H]1O. The highest BCUT2D eigenvalue weighted by Gasteiger charge is 2.42. The molecule has 9 heteroatoms. The van der Waals surface area contributed by atoms with Gasteiger partial charge in [-0.1, -0.05) is 0 Å². The van der Waals surface area contributed by atoms with Gasteiger partial charge in [0.2, 0.25) is 0 Å². The summed E-state index contributed by atoms with van der Waals surface area (Å²) < 4.78 is 6.69. The maximum absolute atomic E-state index is 11.1. The van der Waals surface area contributed by atoms with Gasteiger partial charge in [0.25, 0.3) is 5.91 Å². The molecule has 1 aliphatic heterocycles. The van der Waals surface area contributed by atoms with Crippen LogP contribution in [-0.4, -0.2) is 44.0 Å². The average Bonchev–Trinajstić information content (AvgIpc) is 2.71. The quantitative estimate of drug-likeness (QED) is 0.432. The van der Waals surface area contributed by atoms with Gasteiger partial charge < -0.3 is 31.4 Å². The number of nitrogen functional groups attached to an aromatic ring is 1. The molecule has 0 saturated carbocycles. The lowest BCUT2D eigenvalue weighted by Gasteiger charge is -2.17. The number of primary amides is 1. The first-order chi connectivity index (χ1) is 8.34. The third-order valence-electron chi connectivity index (χ3n) is 2.94. The van der Waals surface area contributed by atoms with E-state index in [1.165, 1.54) is 4.57 Å². The van der Waals surface area contributed by atoms with Gasteiger partial charge in [-0.05, 0) is 19.1 Å². The van der Waals surface area contributed by atoms with Crippen molar-refractivity contribution in [1.82, 2.24) is 9.55 Å². The summed E-state index contributed by atoms with van der Waals surface area (Å²) in [5.41, 5.74) is 10.8. The molecule has 4 atom stereocenters. The number of H-pyrrole nitrogens is 1. The van der Waals surface area contributed by atoms with E-state index in [9.17, 15) is 15.0 Å². The predicted octanol–water partition coefficient (Wildman–Crippen LogP) is -1.13. The molecule has 1 fully saturated rings. The van der Waals surface area contributed by atoms with Crippen molar-refractivity contribution in [3.05, 3.63) is 10.5 Å². The molecule has 1 amide bonds. The fraction of sp³-hybridized carbons (Fsp3) is 0.556. The number of aromatic amines is 1. The Morgan fingerprint density at radius 3 is 2.50 bits per heavy atom. The molecule has 1 aromatic heterocycles. The lowest BCUT2D eigenvalue weighted by atomic mass is 10.1. The van der Waals surface area contributed by atoms with Gasteiger partial charge in [0.1, 0.15) is 23.7 Å². The van der Waals surface area contributed by atoms with Gasteiger partial charge in [-0.15, -0.1) is 0 Å². The van der Waals surface area contributed by atoms with Crippen molar-refractivity contribution in [1.29, 1.82) is 0 Å². The lowest BCUT2D eigenvalue weighted by Crippen LogP contribution is -2.30. The van der Waals surface area contributed by atoms with Gasteiger partial charge in [0, 0.05) is 0 Å². The molecule has 2 heterocycles. The van der Waals surface area contributed by atoms with E-state index in [-0.39, 0.29) is 16.3 Å². The van der Waals surface area contributed by atoms with Crippen molar-refractivity contribution in [2.45, 2.75) is 31.5 Å². The third-order valence-corrected chi connectivity index (χ3v) is 3.24. The summed E-state index contributed by atoms with van der Waals surface area (Å²) in [6, 6.07) is 0. The highest BCUT2D eigenvalue weighted by Crippen LogP contribution is 2.32. The van der Waals surface area contributed by atoms with E-state index in [0.29, 0.717) is 0 Å². The van der Waals surface area contributed by atoms with Crippen LogP contribution in [0, 0.1) is 4.77 Å².